The minimum atomic E-state index is -0.494. The second-order valence-corrected chi connectivity index (χ2v) is 8.74. The summed E-state index contributed by atoms with van der Waals surface area (Å²) >= 11 is 0. The number of rotatable bonds is 6. The van der Waals surface area contributed by atoms with Crippen LogP contribution in [-0.2, 0) is 25.5 Å². The topological polar surface area (TPSA) is 95.9 Å². The largest absolute Gasteiger partial charge is 0.463 e. The SMILES string of the molecule is O=C(C[C@H]1C/C=C/CC[C@H](Cc2ccc(F)cc2)C(=O)OC[C@H]2CCCN2C1=O)NCCO. The van der Waals surface area contributed by atoms with Gasteiger partial charge in [0, 0.05) is 19.5 Å². The highest BCUT2D eigenvalue weighted by molar-refractivity contribution is 5.86. The lowest BCUT2D eigenvalue weighted by Crippen LogP contribution is -2.43. The molecule has 33 heavy (non-hydrogen) atoms. The van der Waals surface area contributed by atoms with E-state index in [1.807, 2.05) is 12.2 Å². The van der Waals surface area contributed by atoms with Gasteiger partial charge in [-0.1, -0.05) is 24.3 Å². The van der Waals surface area contributed by atoms with Crippen molar-refractivity contribution >= 4 is 17.8 Å². The minimum absolute atomic E-state index is 0.0549. The van der Waals surface area contributed by atoms with Crippen molar-refractivity contribution in [2.75, 3.05) is 26.3 Å². The van der Waals surface area contributed by atoms with Gasteiger partial charge in [-0.15, -0.1) is 0 Å². The van der Waals surface area contributed by atoms with E-state index >= 15 is 0 Å². The number of aliphatic hydroxyl groups is 1. The Hall–Kier alpha value is -2.74. The third-order valence-corrected chi connectivity index (χ3v) is 6.29. The number of carbonyl (C=O) groups excluding carboxylic acids is 3. The zero-order valence-corrected chi connectivity index (χ0v) is 18.9. The van der Waals surface area contributed by atoms with E-state index in [1.54, 1.807) is 17.0 Å². The van der Waals surface area contributed by atoms with Gasteiger partial charge in [0.2, 0.25) is 11.8 Å². The molecule has 0 spiro atoms. The summed E-state index contributed by atoms with van der Waals surface area (Å²) in [6.07, 6.45) is 7.59. The fraction of sp³-hybridized carbons (Fsp3) is 0.560. The molecule has 0 saturated carbocycles. The first kappa shape index (κ1) is 24.9. The van der Waals surface area contributed by atoms with Gasteiger partial charge < -0.3 is 20.1 Å². The van der Waals surface area contributed by atoms with Gasteiger partial charge in [-0.05, 0) is 56.2 Å². The Kier molecular flexibility index (Phi) is 9.42. The standard InChI is InChI=1S/C25H33FN2O5/c26-21-10-8-18(9-11-21)15-20-6-3-1-2-5-19(16-23(30)27-12-14-29)24(31)28-13-4-7-22(28)17-33-25(20)32/h1-2,8-11,19-20,22,29H,3-7,12-17H2,(H,27,30)/b2-1+/t19-,20-,22-/m1/s1. The number of carbonyl (C=O) groups is 3. The summed E-state index contributed by atoms with van der Waals surface area (Å²) < 4.78 is 18.9. The molecule has 2 aliphatic heterocycles. The molecular formula is C25H33FN2O5. The summed E-state index contributed by atoms with van der Waals surface area (Å²) in [5, 5.41) is 11.5. The van der Waals surface area contributed by atoms with Crippen molar-refractivity contribution in [2.24, 2.45) is 11.8 Å². The minimum Gasteiger partial charge on any atom is -0.463 e. The molecule has 1 aromatic carbocycles. The molecular weight excluding hydrogens is 427 g/mol. The summed E-state index contributed by atoms with van der Waals surface area (Å²) in [5.41, 5.74) is 0.873. The van der Waals surface area contributed by atoms with E-state index in [0.29, 0.717) is 32.2 Å². The molecule has 7 nitrogen and oxygen atoms in total. The van der Waals surface area contributed by atoms with E-state index in [1.165, 1.54) is 12.1 Å². The van der Waals surface area contributed by atoms with Crippen molar-refractivity contribution in [1.82, 2.24) is 10.2 Å². The molecule has 2 N–H and O–H groups in total. The number of halogens is 1. The lowest BCUT2D eigenvalue weighted by molar-refractivity contribution is -0.152. The van der Waals surface area contributed by atoms with Crippen LogP contribution in [0.2, 0.25) is 0 Å². The predicted molar refractivity (Wildman–Crippen MR) is 120 cm³/mol. The number of esters is 1. The highest BCUT2D eigenvalue weighted by atomic mass is 19.1. The Balaban J connectivity index is 1.72. The number of benzene rings is 1. The number of nitrogens with one attached hydrogen (secondary N) is 1. The van der Waals surface area contributed by atoms with Gasteiger partial charge in [0.25, 0.3) is 0 Å². The average Bonchev–Trinajstić information content (AvgIpc) is 3.28. The number of hydrogen-bond donors (Lipinski definition) is 2. The number of cyclic esters (lactones) is 1. The first-order valence-corrected chi connectivity index (χ1v) is 11.7. The molecule has 0 unspecified atom stereocenters. The molecule has 0 bridgehead atoms. The molecule has 2 aliphatic rings. The molecule has 0 radical (unpaired) electrons. The molecule has 3 atom stereocenters. The second-order valence-electron chi connectivity index (χ2n) is 8.74. The fourth-order valence-electron chi connectivity index (χ4n) is 4.48. The number of amides is 2. The maximum atomic E-state index is 13.2. The molecule has 180 valence electrons. The molecule has 3 rings (SSSR count). The second kappa shape index (κ2) is 12.5. The van der Waals surface area contributed by atoms with Gasteiger partial charge in [0.1, 0.15) is 12.4 Å². The maximum absolute atomic E-state index is 13.2. The van der Waals surface area contributed by atoms with E-state index in [-0.39, 0.29) is 61.7 Å². The molecule has 1 fully saturated rings. The third kappa shape index (κ3) is 7.39. The van der Waals surface area contributed by atoms with Crippen LogP contribution in [0.1, 0.15) is 44.1 Å². The lowest BCUT2D eigenvalue weighted by Gasteiger charge is -2.28. The van der Waals surface area contributed by atoms with Gasteiger partial charge in [-0.25, -0.2) is 4.39 Å². The Labute approximate surface area is 194 Å². The summed E-state index contributed by atoms with van der Waals surface area (Å²) in [7, 11) is 0. The summed E-state index contributed by atoms with van der Waals surface area (Å²) in [6.45, 7) is 0.732. The smallest absolute Gasteiger partial charge is 0.309 e. The van der Waals surface area contributed by atoms with Crippen molar-refractivity contribution in [3.05, 3.63) is 47.8 Å². The molecule has 0 aromatic heterocycles. The first-order chi connectivity index (χ1) is 16.0. The van der Waals surface area contributed by atoms with E-state index < -0.39 is 5.92 Å². The van der Waals surface area contributed by atoms with E-state index in [2.05, 4.69) is 5.32 Å². The molecule has 2 heterocycles. The van der Waals surface area contributed by atoms with Crippen LogP contribution < -0.4 is 5.32 Å². The van der Waals surface area contributed by atoms with Crippen LogP contribution >= 0.6 is 0 Å². The van der Waals surface area contributed by atoms with Crippen LogP contribution in [-0.4, -0.2) is 60.1 Å². The van der Waals surface area contributed by atoms with Crippen molar-refractivity contribution in [2.45, 2.75) is 51.0 Å². The Morgan fingerprint density at radius 3 is 2.70 bits per heavy atom. The highest BCUT2D eigenvalue weighted by Gasteiger charge is 2.35. The Morgan fingerprint density at radius 2 is 1.94 bits per heavy atom. The van der Waals surface area contributed by atoms with Gasteiger partial charge >= 0.3 is 5.97 Å². The lowest BCUT2D eigenvalue weighted by atomic mass is 9.94. The quantitative estimate of drug-likeness (QED) is 0.502. The summed E-state index contributed by atoms with van der Waals surface area (Å²) in [6, 6.07) is 5.95. The molecule has 1 aromatic rings. The van der Waals surface area contributed by atoms with Crippen LogP contribution in [0.5, 0.6) is 0 Å². The van der Waals surface area contributed by atoms with E-state index in [9.17, 15) is 18.8 Å². The zero-order valence-electron chi connectivity index (χ0n) is 18.9. The first-order valence-electron chi connectivity index (χ1n) is 11.7. The Bertz CT molecular complexity index is 842. The van der Waals surface area contributed by atoms with Crippen LogP contribution in [0, 0.1) is 17.7 Å². The molecule has 0 aliphatic carbocycles. The fourth-order valence-corrected chi connectivity index (χ4v) is 4.48. The monoisotopic (exact) mass is 460 g/mol. The Morgan fingerprint density at radius 1 is 1.15 bits per heavy atom. The number of fused-ring (bicyclic) bond motifs is 1. The van der Waals surface area contributed by atoms with Gasteiger partial charge in [0.05, 0.1) is 24.5 Å². The predicted octanol–water partition coefficient (Wildman–Crippen LogP) is 2.37. The van der Waals surface area contributed by atoms with Crippen LogP contribution in [0.25, 0.3) is 0 Å². The van der Waals surface area contributed by atoms with Crippen molar-refractivity contribution in [3.8, 4) is 0 Å². The number of aliphatic hydroxyl groups excluding tert-OH is 1. The van der Waals surface area contributed by atoms with Crippen LogP contribution in [0.15, 0.2) is 36.4 Å². The third-order valence-electron chi connectivity index (χ3n) is 6.29. The molecule has 1 saturated heterocycles. The summed E-state index contributed by atoms with van der Waals surface area (Å²) in [5.74, 6) is -1.82. The maximum Gasteiger partial charge on any atom is 0.309 e. The zero-order chi connectivity index (χ0) is 23.6. The van der Waals surface area contributed by atoms with Gasteiger partial charge in [-0.2, -0.15) is 0 Å². The average molecular weight is 461 g/mol. The van der Waals surface area contributed by atoms with Crippen LogP contribution in [0.3, 0.4) is 0 Å². The van der Waals surface area contributed by atoms with E-state index in [4.69, 9.17) is 9.84 Å². The number of hydrogen-bond acceptors (Lipinski definition) is 5. The highest BCUT2D eigenvalue weighted by Crippen LogP contribution is 2.25. The van der Waals surface area contributed by atoms with Crippen molar-refractivity contribution in [3.63, 3.8) is 0 Å². The van der Waals surface area contributed by atoms with Crippen LogP contribution in [0.4, 0.5) is 4.39 Å². The normalized spacial score (nSPS) is 25.3. The molecule has 2 amide bonds. The van der Waals surface area contributed by atoms with Crippen molar-refractivity contribution in [1.29, 1.82) is 0 Å². The number of nitrogens with zero attached hydrogens (tertiary/aromatic N) is 1. The van der Waals surface area contributed by atoms with Gasteiger partial charge in [-0.3, -0.25) is 14.4 Å². The molecule has 8 heteroatoms. The van der Waals surface area contributed by atoms with Crippen molar-refractivity contribution < 1.29 is 28.6 Å². The number of ether oxygens (including phenoxy) is 1. The van der Waals surface area contributed by atoms with Gasteiger partial charge in [0.15, 0.2) is 0 Å². The number of allylic oxidation sites excluding steroid dienone is 2. The summed E-state index contributed by atoms with van der Waals surface area (Å²) in [4.78, 5) is 40.1. The van der Waals surface area contributed by atoms with E-state index in [0.717, 1.165) is 18.4 Å².